The van der Waals surface area contributed by atoms with Crippen LogP contribution in [0.2, 0.25) is 0 Å². The molecule has 0 aliphatic carbocycles. The van der Waals surface area contributed by atoms with Crippen LogP contribution in [-0.4, -0.2) is 52.5 Å². The topological polar surface area (TPSA) is 84.9 Å². The molecule has 26 heavy (non-hydrogen) atoms. The summed E-state index contributed by atoms with van der Waals surface area (Å²) in [5, 5.41) is 2.90. The number of ether oxygens (including phenoxy) is 2. The maximum absolute atomic E-state index is 13.0. The van der Waals surface area contributed by atoms with Gasteiger partial charge in [-0.3, -0.25) is 4.79 Å². The number of nitrogens with zero attached hydrogens (tertiary/aromatic N) is 1. The molecule has 1 atom stereocenters. The lowest BCUT2D eigenvalue weighted by atomic mass is 9.98. The highest BCUT2D eigenvalue weighted by atomic mass is 32.2. The predicted octanol–water partition coefficient (Wildman–Crippen LogP) is 1.88. The zero-order valence-corrected chi connectivity index (χ0v) is 16.6. The summed E-state index contributed by atoms with van der Waals surface area (Å²) in [4.78, 5) is 12.5. The van der Waals surface area contributed by atoms with E-state index in [9.17, 15) is 13.2 Å². The van der Waals surface area contributed by atoms with Gasteiger partial charge in [0.05, 0.1) is 25.0 Å². The molecule has 0 spiro atoms. The molecular formula is C18H28N2O5S. The van der Waals surface area contributed by atoms with E-state index in [1.807, 2.05) is 13.8 Å². The average molecular weight is 384 g/mol. The minimum atomic E-state index is -3.70. The molecule has 1 aromatic carbocycles. The number of hydrogen-bond acceptors (Lipinski definition) is 5. The van der Waals surface area contributed by atoms with Crippen molar-refractivity contribution in [1.29, 1.82) is 0 Å². The first-order chi connectivity index (χ1) is 12.3. The molecule has 1 N–H and O–H groups in total. The molecule has 8 heteroatoms. The molecule has 7 nitrogen and oxygen atoms in total. The maximum Gasteiger partial charge on any atom is 0.243 e. The van der Waals surface area contributed by atoms with E-state index in [1.165, 1.54) is 30.7 Å². The van der Waals surface area contributed by atoms with Gasteiger partial charge >= 0.3 is 0 Å². The number of carbonyl (C=O) groups excluding carboxylic acids is 1. The van der Waals surface area contributed by atoms with E-state index in [4.69, 9.17) is 9.47 Å². The third kappa shape index (κ3) is 4.67. The highest BCUT2D eigenvalue weighted by molar-refractivity contribution is 7.89. The van der Waals surface area contributed by atoms with Crippen molar-refractivity contribution in [3.63, 3.8) is 0 Å². The lowest BCUT2D eigenvalue weighted by Crippen LogP contribution is -2.45. The molecule has 0 bridgehead atoms. The van der Waals surface area contributed by atoms with Crippen LogP contribution in [0.1, 0.15) is 26.7 Å². The predicted molar refractivity (Wildman–Crippen MR) is 98.9 cm³/mol. The summed E-state index contributed by atoms with van der Waals surface area (Å²) in [6, 6.07) is 4.53. The van der Waals surface area contributed by atoms with Gasteiger partial charge in [0, 0.05) is 25.7 Å². The molecule has 0 radical (unpaired) electrons. The second kappa shape index (κ2) is 8.73. The Balaban J connectivity index is 2.17. The molecule has 1 heterocycles. The van der Waals surface area contributed by atoms with E-state index < -0.39 is 10.0 Å². The van der Waals surface area contributed by atoms with Crippen LogP contribution in [0.25, 0.3) is 0 Å². The molecule has 146 valence electrons. The Morgan fingerprint density at radius 2 is 1.96 bits per heavy atom. The monoisotopic (exact) mass is 384 g/mol. The van der Waals surface area contributed by atoms with Gasteiger partial charge in [-0.1, -0.05) is 13.8 Å². The summed E-state index contributed by atoms with van der Waals surface area (Å²) in [7, 11) is -0.740. The Hall–Kier alpha value is -1.80. The van der Waals surface area contributed by atoms with E-state index in [0.717, 1.165) is 0 Å². The summed E-state index contributed by atoms with van der Waals surface area (Å²) in [6.07, 6.45) is 1.36. The Labute approximate surface area is 155 Å². The molecule has 2 rings (SSSR count). The number of rotatable bonds is 7. The number of amides is 1. The molecule has 0 unspecified atom stereocenters. The van der Waals surface area contributed by atoms with Crippen LogP contribution < -0.4 is 14.8 Å². The fraction of sp³-hybridized carbons (Fsp3) is 0.611. The summed E-state index contributed by atoms with van der Waals surface area (Å²) < 4.78 is 37.7. The highest BCUT2D eigenvalue weighted by Crippen LogP contribution is 2.32. The van der Waals surface area contributed by atoms with Crippen molar-refractivity contribution in [2.45, 2.75) is 31.6 Å². The van der Waals surface area contributed by atoms with Crippen LogP contribution >= 0.6 is 0 Å². The van der Waals surface area contributed by atoms with Crippen LogP contribution in [0.3, 0.4) is 0 Å². The number of carbonyl (C=O) groups is 1. The zero-order chi connectivity index (χ0) is 19.3. The van der Waals surface area contributed by atoms with Crippen molar-refractivity contribution in [2.24, 2.45) is 11.8 Å². The highest BCUT2D eigenvalue weighted by Gasteiger charge is 2.33. The average Bonchev–Trinajstić information content (AvgIpc) is 2.65. The van der Waals surface area contributed by atoms with Crippen molar-refractivity contribution in [3.8, 4) is 11.5 Å². The molecule has 1 amide bonds. The number of nitrogens with one attached hydrogen (secondary N) is 1. The summed E-state index contributed by atoms with van der Waals surface area (Å²) in [5.41, 5.74) is 0. The van der Waals surface area contributed by atoms with Gasteiger partial charge < -0.3 is 14.8 Å². The van der Waals surface area contributed by atoms with Crippen molar-refractivity contribution >= 4 is 15.9 Å². The number of hydrogen-bond donors (Lipinski definition) is 1. The van der Waals surface area contributed by atoms with Gasteiger partial charge in [-0.15, -0.1) is 0 Å². The van der Waals surface area contributed by atoms with Crippen molar-refractivity contribution in [2.75, 3.05) is 33.9 Å². The van der Waals surface area contributed by atoms with E-state index in [1.54, 1.807) is 6.07 Å². The summed E-state index contributed by atoms with van der Waals surface area (Å²) >= 11 is 0. The molecule has 0 saturated carbocycles. The van der Waals surface area contributed by atoms with E-state index in [-0.39, 0.29) is 23.3 Å². The maximum atomic E-state index is 13.0. The van der Waals surface area contributed by atoms with Crippen LogP contribution in [-0.2, 0) is 14.8 Å². The molecule has 0 aromatic heterocycles. The zero-order valence-electron chi connectivity index (χ0n) is 15.8. The fourth-order valence-corrected chi connectivity index (χ4v) is 4.49. The lowest BCUT2D eigenvalue weighted by molar-refractivity contribution is -0.126. The van der Waals surface area contributed by atoms with Crippen molar-refractivity contribution in [1.82, 2.24) is 9.62 Å². The normalized spacial score (nSPS) is 18.6. The Bertz CT molecular complexity index is 733. The molecule has 1 saturated heterocycles. The minimum Gasteiger partial charge on any atom is -0.493 e. The SMILES string of the molecule is COc1ccc(S(=O)(=O)N2CCC[C@@H](C(=O)NCC(C)C)C2)cc1OC. The minimum absolute atomic E-state index is 0.0779. The third-order valence-electron chi connectivity index (χ3n) is 4.43. The molecular weight excluding hydrogens is 356 g/mol. The molecule has 1 aliphatic rings. The van der Waals surface area contributed by atoms with Gasteiger partial charge in [-0.25, -0.2) is 8.42 Å². The number of piperidine rings is 1. The molecule has 1 aliphatic heterocycles. The first kappa shape index (κ1) is 20.5. The Kier molecular flexibility index (Phi) is 6.88. The van der Waals surface area contributed by atoms with Crippen LogP contribution in [0.5, 0.6) is 11.5 Å². The standard InChI is InChI=1S/C18H28N2O5S/c1-13(2)11-19-18(21)14-6-5-9-20(12-14)26(22,23)15-7-8-16(24-3)17(10-15)25-4/h7-8,10,13-14H,5-6,9,11-12H2,1-4H3,(H,19,21)/t14-/m1/s1. The number of benzene rings is 1. The third-order valence-corrected chi connectivity index (χ3v) is 6.29. The lowest BCUT2D eigenvalue weighted by Gasteiger charge is -2.31. The number of methoxy groups -OCH3 is 2. The first-order valence-electron chi connectivity index (χ1n) is 8.79. The van der Waals surface area contributed by atoms with E-state index in [0.29, 0.717) is 43.3 Å². The van der Waals surface area contributed by atoms with Gasteiger partial charge in [-0.05, 0) is 30.9 Å². The quantitative estimate of drug-likeness (QED) is 0.776. The molecule has 1 aromatic rings. The van der Waals surface area contributed by atoms with Crippen LogP contribution in [0, 0.1) is 11.8 Å². The largest absolute Gasteiger partial charge is 0.493 e. The van der Waals surface area contributed by atoms with Gasteiger partial charge in [0.25, 0.3) is 0 Å². The van der Waals surface area contributed by atoms with Crippen LogP contribution in [0.15, 0.2) is 23.1 Å². The van der Waals surface area contributed by atoms with E-state index in [2.05, 4.69) is 5.32 Å². The Morgan fingerprint density at radius 3 is 2.58 bits per heavy atom. The first-order valence-corrected chi connectivity index (χ1v) is 10.2. The smallest absolute Gasteiger partial charge is 0.243 e. The number of sulfonamides is 1. The van der Waals surface area contributed by atoms with Gasteiger partial charge in [0.2, 0.25) is 15.9 Å². The molecule has 1 fully saturated rings. The Morgan fingerprint density at radius 1 is 1.27 bits per heavy atom. The van der Waals surface area contributed by atoms with Crippen molar-refractivity contribution in [3.05, 3.63) is 18.2 Å². The van der Waals surface area contributed by atoms with E-state index >= 15 is 0 Å². The van der Waals surface area contributed by atoms with Crippen LogP contribution in [0.4, 0.5) is 0 Å². The second-order valence-corrected chi connectivity index (χ2v) is 8.80. The van der Waals surface area contributed by atoms with Gasteiger partial charge in [-0.2, -0.15) is 4.31 Å². The van der Waals surface area contributed by atoms with Gasteiger partial charge in [0.1, 0.15) is 0 Å². The second-order valence-electron chi connectivity index (χ2n) is 6.86. The fourth-order valence-electron chi connectivity index (χ4n) is 2.95. The van der Waals surface area contributed by atoms with Crippen molar-refractivity contribution < 1.29 is 22.7 Å². The van der Waals surface area contributed by atoms with Gasteiger partial charge in [0.15, 0.2) is 11.5 Å². The summed E-state index contributed by atoms with van der Waals surface area (Å²) in [5.74, 6) is 0.783. The summed E-state index contributed by atoms with van der Waals surface area (Å²) in [6.45, 7) is 5.24.